The summed E-state index contributed by atoms with van der Waals surface area (Å²) in [4.78, 5) is 106. The van der Waals surface area contributed by atoms with Gasteiger partial charge in [0, 0.05) is 46.5 Å². The fourth-order valence-electron chi connectivity index (χ4n) is 9.26. The lowest BCUT2D eigenvalue weighted by molar-refractivity contribution is -0.146. The number of hydrogen-bond donors (Lipinski definition) is 3. The molecular weight excluding hydrogens is 899 g/mol. The van der Waals surface area contributed by atoms with E-state index in [1.165, 1.54) is 14.2 Å². The van der Waals surface area contributed by atoms with E-state index >= 15 is 0 Å². The Morgan fingerprint density at radius 1 is 0.757 bits per heavy atom. The molecule has 2 aliphatic heterocycles. The third kappa shape index (κ3) is 14.5. The number of hydrogen-bond acceptors (Lipinski definition) is 12. The van der Waals surface area contributed by atoms with E-state index in [-0.39, 0.29) is 85.8 Å². The summed E-state index contributed by atoms with van der Waals surface area (Å²) in [7, 11) is 8.38. The Kier molecular flexibility index (Phi) is 22.1. The van der Waals surface area contributed by atoms with E-state index in [0.717, 1.165) is 5.56 Å². The van der Waals surface area contributed by atoms with Crippen LogP contribution < -0.4 is 16.0 Å². The summed E-state index contributed by atoms with van der Waals surface area (Å²) in [5.41, 5.74) is 1.88. The van der Waals surface area contributed by atoms with Crippen LogP contribution in [0.15, 0.2) is 66.4 Å². The van der Waals surface area contributed by atoms with Crippen molar-refractivity contribution >= 4 is 41.4 Å². The van der Waals surface area contributed by atoms with Crippen LogP contribution in [-0.2, 0) is 49.4 Å². The maximum atomic E-state index is 14.4. The Morgan fingerprint density at radius 2 is 1.39 bits per heavy atom. The van der Waals surface area contributed by atoms with Crippen molar-refractivity contribution in [2.24, 2.45) is 23.7 Å². The summed E-state index contributed by atoms with van der Waals surface area (Å²) >= 11 is 0. The zero-order valence-electron chi connectivity index (χ0n) is 43.2. The number of nitrogens with one attached hydrogen (secondary N) is 3. The van der Waals surface area contributed by atoms with Gasteiger partial charge in [0.25, 0.3) is 11.8 Å². The molecule has 0 bridgehead atoms. The molecule has 0 aliphatic carbocycles. The predicted molar refractivity (Wildman–Crippen MR) is 264 cm³/mol. The third-order valence-electron chi connectivity index (χ3n) is 13.2. The van der Waals surface area contributed by atoms with Gasteiger partial charge in [0.1, 0.15) is 18.2 Å². The zero-order valence-corrected chi connectivity index (χ0v) is 43.2. The molecule has 3 N–H and O–H groups in total. The minimum Gasteiger partial charge on any atom is -0.379 e. The number of methoxy groups -OCH3 is 2. The van der Waals surface area contributed by atoms with Gasteiger partial charge >= 0.3 is 0 Å². The van der Waals surface area contributed by atoms with Gasteiger partial charge in [0.2, 0.25) is 29.5 Å². The molecule has 0 saturated carbocycles. The average molecular weight is 976 g/mol. The van der Waals surface area contributed by atoms with Crippen LogP contribution in [0.2, 0.25) is 0 Å². The van der Waals surface area contributed by atoms with Crippen molar-refractivity contribution in [2.75, 3.05) is 68.3 Å². The fourth-order valence-corrected chi connectivity index (χ4v) is 9.26. The van der Waals surface area contributed by atoms with E-state index in [9.17, 15) is 33.6 Å². The summed E-state index contributed by atoms with van der Waals surface area (Å²) in [5.74, 6) is -3.91. The van der Waals surface area contributed by atoms with Gasteiger partial charge < -0.3 is 40.0 Å². The van der Waals surface area contributed by atoms with Crippen LogP contribution in [0.25, 0.3) is 0 Å². The summed E-state index contributed by atoms with van der Waals surface area (Å²) in [6.45, 7) is 13.9. The number of nitrogens with zero attached hydrogens (tertiary/aromatic N) is 4. The molecule has 70 heavy (non-hydrogen) atoms. The number of hydroxylamine groups is 2. The molecule has 0 radical (unpaired) electrons. The van der Waals surface area contributed by atoms with E-state index in [1.807, 2.05) is 96.9 Å². The van der Waals surface area contributed by atoms with Gasteiger partial charge in [-0.1, -0.05) is 103 Å². The SMILES string of the molecule is CC[C@H](C)[C@@H]([C@@H](CC(=O)N1CCC=C1[C@H](OC)[C@@H](C)C(=O)N[C@@H](Cc1ccccc1)C(=O)NCCOCCON1C(=O)c2ccccc2C1=O)OC)N(C)C(=O)[C@@H](NC(=O)[C@H](C(C)C)N(C)C)C(C)C. The molecule has 2 heterocycles. The lowest BCUT2D eigenvalue weighted by Crippen LogP contribution is -2.59. The van der Waals surface area contributed by atoms with Crippen molar-refractivity contribution < 1.29 is 52.6 Å². The molecule has 2 aliphatic rings. The summed E-state index contributed by atoms with van der Waals surface area (Å²) < 4.78 is 17.6. The molecule has 2 aromatic carbocycles. The quantitative estimate of drug-likeness (QED) is 0.0822. The van der Waals surface area contributed by atoms with Crippen molar-refractivity contribution in [1.29, 1.82) is 0 Å². The first kappa shape index (κ1) is 57.1. The number of fused-ring (bicyclic) bond motifs is 1. The van der Waals surface area contributed by atoms with Crippen molar-refractivity contribution in [1.82, 2.24) is 35.7 Å². The molecule has 18 nitrogen and oxygen atoms in total. The molecule has 386 valence electrons. The van der Waals surface area contributed by atoms with E-state index in [1.54, 1.807) is 48.0 Å². The highest BCUT2D eigenvalue weighted by Crippen LogP contribution is 2.30. The molecule has 18 heteroatoms. The standard InChI is InChI=1S/C52H77N7O11/c1-13-34(6)45(57(10)52(66)43(32(2)3)55-49(63)44(33(4)5)56(8)9)41(67-11)31-42(60)58-26-19-24-40(58)46(68-12)35(7)47(61)54-39(30-36-20-15-14-16-21-36)48(62)53-25-27-69-28-29-70-59-50(64)37-22-17-18-23-38(37)51(59)65/h14-18,20-24,32-35,39,41,43-46H,13,19,25-31H2,1-12H3,(H,53,62)(H,54,61)(H,55,63)/t34-,35+,39-,41+,43-,44-,45-,46+/m0/s1. The van der Waals surface area contributed by atoms with E-state index in [2.05, 4.69) is 16.0 Å². The number of ether oxygens (including phenoxy) is 3. The van der Waals surface area contributed by atoms with Crippen LogP contribution in [-0.4, -0.2) is 166 Å². The van der Waals surface area contributed by atoms with E-state index < -0.39 is 65.9 Å². The topological polar surface area (TPSA) is 205 Å². The maximum absolute atomic E-state index is 14.4. The van der Waals surface area contributed by atoms with Crippen LogP contribution in [0.1, 0.15) is 94.0 Å². The lowest BCUT2D eigenvalue weighted by Gasteiger charge is -2.40. The first-order valence-corrected chi connectivity index (χ1v) is 24.4. The van der Waals surface area contributed by atoms with Gasteiger partial charge in [-0.15, -0.1) is 5.06 Å². The average Bonchev–Trinajstić information content (AvgIpc) is 3.91. The Balaban J connectivity index is 1.39. The Morgan fingerprint density at radius 3 is 1.94 bits per heavy atom. The lowest BCUT2D eigenvalue weighted by atomic mass is 9.89. The highest BCUT2D eigenvalue weighted by Gasteiger charge is 2.42. The number of likely N-dealkylation sites (N-methyl/N-ethyl adjacent to an activating group) is 2. The van der Waals surface area contributed by atoms with Crippen molar-refractivity contribution in [2.45, 2.75) is 111 Å². The van der Waals surface area contributed by atoms with Crippen LogP contribution in [0.3, 0.4) is 0 Å². The minimum atomic E-state index is -0.977. The Bertz CT molecular complexity index is 2090. The van der Waals surface area contributed by atoms with Gasteiger partial charge in [0.15, 0.2) is 0 Å². The van der Waals surface area contributed by atoms with Gasteiger partial charge in [-0.2, -0.15) is 0 Å². The van der Waals surface area contributed by atoms with Gasteiger partial charge in [-0.3, -0.25) is 43.3 Å². The largest absolute Gasteiger partial charge is 0.379 e. The molecule has 7 amide bonds. The van der Waals surface area contributed by atoms with Gasteiger partial charge in [0.05, 0.1) is 61.5 Å². The smallest absolute Gasteiger partial charge is 0.285 e. The Hall–Kier alpha value is -5.53. The summed E-state index contributed by atoms with van der Waals surface area (Å²) in [6, 6.07) is 13.0. The monoisotopic (exact) mass is 976 g/mol. The maximum Gasteiger partial charge on any atom is 0.285 e. The number of benzene rings is 2. The molecule has 2 aromatic rings. The van der Waals surface area contributed by atoms with Gasteiger partial charge in [-0.25, -0.2) is 0 Å². The minimum absolute atomic E-state index is 0.0121. The summed E-state index contributed by atoms with van der Waals surface area (Å²) in [6.07, 6.45) is 1.64. The number of carbonyl (C=O) groups is 7. The molecule has 0 saturated heterocycles. The van der Waals surface area contributed by atoms with Crippen LogP contribution in [0.5, 0.6) is 0 Å². The second-order valence-electron chi connectivity index (χ2n) is 19.0. The van der Waals surface area contributed by atoms with Crippen LogP contribution in [0, 0.1) is 23.7 Å². The first-order valence-electron chi connectivity index (χ1n) is 24.4. The van der Waals surface area contributed by atoms with Crippen molar-refractivity contribution in [3.05, 3.63) is 83.1 Å². The number of rotatable bonds is 28. The Labute approximate surface area is 414 Å². The fraction of sp³-hybridized carbons (Fsp3) is 0.596. The summed E-state index contributed by atoms with van der Waals surface area (Å²) in [5, 5.41) is 9.49. The molecule has 4 rings (SSSR count). The third-order valence-corrected chi connectivity index (χ3v) is 13.2. The van der Waals surface area contributed by atoms with Crippen molar-refractivity contribution in [3.8, 4) is 0 Å². The molecule has 0 unspecified atom stereocenters. The molecular formula is C52H77N7O11. The molecule has 0 fully saturated rings. The van der Waals surface area contributed by atoms with E-state index in [0.29, 0.717) is 30.1 Å². The number of carbonyl (C=O) groups excluding carboxylic acids is 7. The number of imide groups is 1. The van der Waals surface area contributed by atoms with Crippen LogP contribution >= 0.6 is 0 Å². The first-order chi connectivity index (χ1) is 33.3. The van der Waals surface area contributed by atoms with Crippen LogP contribution in [0.4, 0.5) is 0 Å². The predicted octanol–water partition coefficient (Wildman–Crippen LogP) is 3.85. The second kappa shape index (κ2) is 27.2. The molecule has 0 spiro atoms. The normalized spacial score (nSPS) is 17.1. The van der Waals surface area contributed by atoms with Crippen molar-refractivity contribution in [3.63, 3.8) is 0 Å². The number of amides is 7. The zero-order chi connectivity index (χ0) is 51.8. The van der Waals surface area contributed by atoms with Gasteiger partial charge in [-0.05, 0) is 56.0 Å². The molecule has 8 atom stereocenters. The van der Waals surface area contributed by atoms with E-state index in [4.69, 9.17) is 19.0 Å². The highest BCUT2D eigenvalue weighted by atomic mass is 16.7. The highest BCUT2D eigenvalue weighted by molar-refractivity contribution is 6.20. The second-order valence-corrected chi connectivity index (χ2v) is 19.0. The molecule has 0 aromatic heterocycles.